The Hall–Kier alpha value is -7.86. The molecule has 0 aliphatic heterocycles. The van der Waals surface area contributed by atoms with Crippen LogP contribution in [0.25, 0.3) is 98.5 Å². The lowest BCUT2D eigenvalue weighted by molar-refractivity contribution is 1.16. The Bertz CT molecular complexity index is 3400. The average Bonchev–Trinajstić information content (AvgIpc) is 3.88. The summed E-state index contributed by atoms with van der Waals surface area (Å²) in [5.74, 6) is 0. The van der Waals surface area contributed by atoms with Crippen LogP contribution in [0, 0.1) is 17.9 Å². The summed E-state index contributed by atoms with van der Waals surface area (Å²) < 4.78 is 6.86. The van der Waals surface area contributed by atoms with E-state index in [0.717, 1.165) is 71.8 Å². The van der Waals surface area contributed by atoms with Gasteiger partial charge < -0.3 is 13.7 Å². The molecule has 0 atom stereocenters. The van der Waals surface area contributed by atoms with Crippen molar-refractivity contribution in [1.82, 2.24) is 13.7 Å². The first-order valence-electron chi connectivity index (χ1n) is 18.3. The molecule has 0 bridgehead atoms. The van der Waals surface area contributed by atoms with Gasteiger partial charge in [-0.05, 0) is 95.4 Å². The highest BCUT2D eigenvalue weighted by Crippen LogP contribution is 2.39. The van der Waals surface area contributed by atoms with Gasteiger partial charge in [-0.25, -0.2) is 4.85 Å². The second-order valence-corrected chi connectivity index (χ2v) is 14.0. The van der Waals surface area contributed by atoms with E-state index in [-0.39, 0.29) is 0 Å². The van der Waals surface area contributed by atoms with Crippen molar-refractivity contribution in [3.05, 3.63) is 193 Å². The van der Waals surface area contributed by atoms with Gasteiger partial charge in [0.2, 0.25) is 0 Å². The maximum absolute atomic E-state index is 10.5. The maximum atomic E-state index is 10.5. The van der Waals surface area contributed by atoms with Gasteiger partial charge in [0.05, 0.1) is 50.9 Å². The van der Waals surface area contributed by atoms with Gasteiger partial charge in [-0.3, -0.25) is 0 Å². The van der Waals surface area contributed by atoms with Crippen molar-refractivity contribution in [3.63, 3.8) is 0 Å². The normalized spacial score (nSPS) is 11.6. The highest BCUT2D eigenvalue weighted by atomic mass is 15.0. The molecular formula is C50H29N5. The topological polar surface area (TPSA) is 42.9 Å². The van der Waals surface area contributed by atoms with Crippen LogP contribution in [0.3, 0.4) is 0 Å². The summed E-state index contributed by atoms with van der Waals surface area (Å²) in [6.07, 6.45) is 0. The van der Waals surface area contributed by atoms with Crippen molar-refractivity contribution in [3.8, 4) is 34.3 Å². The van der Waals surface area contributed by atoms with E-state index in [9.17, 15) is 5.26 Å². The second kappa shape index (κ2) is 11.8. The van der Waals surface area contributed by atoms with Crippen LogP contribution in [-0.4, -0.2) is 13.7 Å². The molecule has 0 spiro atoms. The minimum atomic E-state index is 0.610. The van der Waals surface area contributed by atoms with E-state index < -0.39 is 0 Å². The van der Waals surface area contributed by atoms with Crippen LogP contribution in [0.5, 0.6) is 0 Å². The molecule has 5 heteroatoms. The van der Waals surface area contributed by atoms with Crippen LogP contribution < -0.4 is 0 Å². The first-order valence-corrected chi connectivity index (χ1v) is 18.3. The lowest BCUT2D eigenvalue weighted by atomic mass is 10.0. The Morgan fingerprint density at radius 2 is 0.855 bits per heavy atom. The minimum absolute atomic E-state index is 0.610. The minimum Gasteiger partial charge on any atom is -0.309 e. The number of fused-ring (bicyclic) bond motifs is 9. The molecule has 55 heavy (non-hydrogen) atoms. The van der Waals surface area contributed by atoms with Gasteiger partial charge in [-0.1, -0.05) is 97.1 Å². The molecule has 254 valence electrons. The largest absolute Gasteiger partial charge is 0.309 e. The van der Waals surface area contributed by atoms with Crippen LogP contribution in [0.2, 0.25) is 0 Å². The summed E-state index contributed by atoms with van der Waals surface area (Å²) >= 11 is 0. The fourth-order valence-electron chi connectivity index (χ4n) is 8.66. The van der Waals surface area contributed by atoms with E-state index in [1.807, 2.05) is 36.4 Å². The molecule has 0 aliphatic carbocycles. The average molecular weight is 700 g/mol. The van der Waals surface area contributed by atoms with Crippen molar-refractivity contribution in [2.24, 2.45) is 0 Å². The number of hydrogen-bond acceptors (Lipinski definition) is 1. The summed E-state index contributed by atoms with van der Waals surface area (Å²) in [5.41, 5.74) is 12.9. The molecule has 0 aliphatic rings. The van der Waals surface area contributed by atoms with E-state index in [0.29, 0.717) is 11.3 Å². The second-order valence-electron chi connectivity index (χ2n) is 14.0. The lowest BCUT2D eigenvalue weighted by Crippen LogP contribution is -1.99. The van der Waals surface area contributed by atoms with Crippen LogP contribution in [-0.2, 0) is 0 Å². The van der Waals surface area contributed by atoms with Crippen LogP contribution in [0.4, 0.5) is 5.69 Å². The number of aromatic nitrogens is 3. The first-order chi connectivity index (χ1) is 27.2. The van der Waals surface area contributed by atoms with Crippen LogP contribution in [0.15, 0.2) is 176 Å². The Kier molecular flexibility index (Phi) is 6.61. The summed E-state index contributed by atoms with van der Waals surface area (Å²) in [4.78, 5) is 3.68. The van der Waals surface area contributed by atoms with E-state index in [1.165, 1.54) is 21.8 Å². The molecular weight excluding hydrogens is 671 g/mol. The molecule has 8 aromatic carbocycles. The molecule has 0 radical (unpaired) electrons. The molecule has 3 heterocycles. The van der Waals surface area contributed by atoms with E-state index >= 15 is 0 Å². The summed E-state index contributed by atoms with van der Waals surface area (Å²) in [5, 5.41) is 17.4. The quantitative estimate of drug-likeness (QED) is 0.169. The molecule has 0 saturated carbocycles. The fraction of sp³-hybridized carbons (Fsp3) is 0. The number of hydrogen-bond donors (Lipinski definition) is 0. The molecule has 5 nitrogen and oxygen atoms in total. The molecule has 11 rings (SSSR count). The predicted molar refractivity (Wildman–Crippen MR) is 226 cm³/mol. The van der Waals surface area contributed by atoms with Crippen molar-refractivity contribution in [2.45, 2.75) is 0 Å². The zero-order chi connectivity index (χ0) is 36.6. The third-order valence-corrected chi connectivity index (χ3v) is 11.1. The SMILES string of the molecule is [C-]#[N+]c1ccc2c(c1)c1ccccc1n2-c1ccc(-c2ccc(C#N)c(-n3c4ccccc4c4cc(-n5c6ccccc6c6ccccc65)ccc43)c2)cc1. The molecule has 0 N–H and O–H groups in total. The lowest BCUT2D eigenvalue weighted by Gasteiger charge is -2.14. The maximum Gasteiger partial charge on any atom is 0.188 e. The molecule has 0 saturated heterocycles. The Balaban J connectivity index is 1.06. The van der Waals surface area contributed by atoms with Gasteiger partial charge in [0.25, 0.3) is 0 Å². The standard InChI is InChI=1S/C50H29N5/c1-52-35-22-26-48-42(29-35)40-12-4-8-16-46(40)53(48)36-23-20-32(21-24-36)33-18-19-34(31-51)50(28-33)55-47-17-9-5-13-41(47)43-30-37(25-27-49(43)55)54-44-14-6-2-10-38(44)39-11-3-7-15-45(39)54/h2-30H. The van der Waals surface area contributed by atoms with Gasteiger partial charge in [0.1, 0.15) is 6.07 Å². The van der Waals surface area contributed by atoms with Gasteiger partial charge in [0.15, 0.2) is 5.69 Å². The van der Waals surface area contributed by atoms with Crippen molar-refractivity contribution < 1.29 is 0 Å². The van der Waals surface area contributed by atoms with Crippen molar-refractivity contribution in [1.29, 1.82) is 5.26 Å². The zero-order valence-electron chi connectivity index (χ0n) is 29.5. The van der Waals surface area contributed by atoms with Gasteiger partial charge in [-0.2, -0.15) is 5.26 Å². The summed E-state index contributed by atoms with van der Waals surface area (Å²) in [6, 6.07) is 63.8. The van der Waals surface area contributed by atoms with E-state index in [1.54, 1.807) is 0 Å². The summed E-state index contributed by atoms with van der Waals surface area (Å²) in [7, 11) is 0. The molecule has 3 aromatic heterocycles. The molecule has 0 unspecified atom stereocenters. The smallest absolute Gasteiger partial charge is 0.188 e. The zero-order valence-corrected chi connectivity index (χ0v) is 29.5. The number of para-hydroxylation sites is 4. The Morgan fingerprint density at radius 3 is 1.45 bits per heavy atom. The third kappa shape index (κ3) is 4.51. The number of nitrogens with zero attached hydrogens (tertiary/aromatic N) is 5. The fourth-order valence-corrected chi connectivity index (χ4v) is 8.66. The molecule has 0 amide bonds. The van der Waals surface area contributed by atoms with Crippen LogP contribution in [0.1, 0.15) is 5.56 Å². The van der Waals surface area contributed by atoms with E-state index in [2.05, 4.69) is 164 Å². The summed E-state index contributed by atoms with van der Waals surface area (Å²) in [6.45, 7) is 7.55. The van der Waals surface area contributed by atoms with Crippen molar-refractivity contribution in [2.75, 3.05) is 0 Å². The highest BCUT2D eigenvalue weighted by molar-refractivity contribution is 6.13. The monoisotopic (exact) mass is 699 g/mol. The first kappa shape index (κ1) is 30.7. The van der Waals surface area contributed by atoms with E-state index in [4.69, 9.17) is 6.57 Å². The van der Waals surface area contributed by atoms with Gasteiger partial charge >= 0.3 is 0 Å². The van der Waals surface area contributed by atoms with Gasteiger partial charge in [0, 0.05) is 38.3 Å². The molecule has 11 aromatic rings. The Labute approximate surface area is 316 Å². The Morgan fingerprint density at radius 1 is 0.400 bits per heavy atom. The number of nitriles is 1. The molecule has 0 fully saturated rings. The van der Waals surface area contributed by atoms with Crippen molar-refractivity contribution >= 4 is 71.1 Å². The number of rotatable bonds is 4. The van der Waals surface area contributed by atoms with Crippen LogP contribution >= 0.6 is 0 Å². The highest BCUT2D eigenvalue weighted by Gasteiger charge is 2.19. The third-order valence-electron chi connectivity index (χ3n) is 11.1. The number of benzene rings is 8. The predicted octanol–water partition coefficient (Wildman–Crippen LogP) is 13.1. The van der Waals surface area contributed by atoms with Gasteiger partial charge in [-0.15, -0.1) is 0 Å².